The predicted molar refractivity (Wildman–Crippen MR) is 102 cm³/mol. The molecule has 0 bridgehead atoms. The summed E-state index contributed by atoms with van der Waals surface area (Å²) in [6, 6.07) is 21.4. The maximum atomic E-state index is 13.0. The second kappa shape index (κ2) is 8.45. The summed E-state index contributed by atoms with van der Waals surface area (Å²) in [6.07, 6.45) is 0. The van der Waals surface area contributed by atoms with Crippen molar-refractivity contribution in [3.8, 4) is 11.3 Å². The van der Waals surface area contributed by atoms with Crippen LogP contribution in [-0.4, -0.2) is 48.0 Å². The average Bonchev–Trinajstić information content (AvgIpc) is 3.16. The van der Waals surface area contributed by atoms with Crippen LogP contribution in [0, 0.1) is 0 Å². The Morgan fingerprint density at radius 3 is 2.27 bits per heavy atom. The first-order valence-corrected chi connectivity index (χ1v) is 8.63. The van der Waals surface area contributed by atoms with E-state index >= 15 is 0 Å². The van der Waals surface area contributed by atoms with Crippen molar-refractivity contribution in [3.63, 3.8) is 0 Å². The maximum Gasteiger partial charge on any atom is 0.276 e. The standard InChI is InChI=1S/C21H23N3O2/c1-23(2)13-14-24(16-17-9-5-3-6-10-17)21(25)19-15-20(26-22-19)18-11-7-4-8-12-18/h3-12,15H,13-14,16H2,1-2H3. The van der Waals surface area contributed by atoms with Crippen LogP contribution < -0.4 is 0 Å². The van der Waals surface area contributed by atoms with E-state index < -0.39 is 0 Å². The van der Waals surface area contributed by atoms with Gasteiger partial charge < -0.3 is 14.3 Å². The zero-order valence-electron chi connectivity index (χ0n) is 15.1. The highest BCUT2D eigenvalue weighted by Crippen LogP contribution is 2.21. The smallest absolute Gasteiger partial charge is 0.276 e. The van der Waals surface area contributed by atoms with Crippen LogP contribution in [0.1, 0.15) is 16.1 Å². The third kappa shape index (κ3) is 4.58. The van der Waals surface area contributed by atoms with E-state index in [9.17, 15) is 4.79 Å². The fourth-order valence-corrected chi connectivity index (χ4v) is 2.65. The molecule has 1 aromatic heterocycles. The Morgan fingerprint density at radius 1 is 0.962 bits per heavy atom. The van der Waals surface area contributed by atoms with Crippen molar-refractivity contribution in [1.82, 2.24) is 15.0 Å². The Balaban J connectivity index is 1.79. The summed E-state index contributed by atoms with van der Waals surface area (Å²) in [6.45, 7) is 1.94. The third-order valence-corrected chi connectivity index (χ3v) is 4.11. The minimum Gasteiger partial charge on any atom is -0.355 e. The van der Waals surface area contributed by atoms with Crippen molar-refractivity contribution in [3.05, 3.63) is 78.0 Å². The van der Waals surface area contributed by atoms with Gasteiger partial charge in [0.1, 0.15) is 0 Å². The zero-order chi connectivity index (χ0) is 18.4. The maximum absolute atomic E-state index is 13.0. The van der Waals surface area contributed by atoms with Gasteiger partial charge in [0, 0.05) is 31.3 Å². The van der Waals surface area contributed by atoms with Crippen LogP contribution in [0.5, 0.6) is 0 Å². The SMILES string of the molecule is CN(C)CCN(Cc1ccccc1)C(=O)c1cc(-c2ccccc2)on1. The fourth-order valence-electron chi connectivity index (χ4n) is 2.65. The number of carbonyl (C=O) groups excluding carboxylic acids is 1. The van der Waals surface area contributed by atoms with Crippen molar-refractivity contribution in [2.75, 3.05) is 27.2 Å². The molecule has 3 aromatic rings. The molecule has 0 aliphatic heterocycles. The Morgan fingerprint density at radius 2 is 1.62 bits per heavy atom. The van der Waals surface area contributed by atoms with Crippen LogP contribution in [0.2, 0.25) is 0 Å². The van der Waals surface area contributed by atoms with Crippen molar-refractivity contribution >= 4 is 5.91 Å². The molecule has 5 heteroatoms. The zero-order valence-corrected chi connectivity index (χ0v) is 15.1. The monoisotopic (exact) mass is 349 g/mol. The van der Waals surface area contributed by atoms with Gasteiger partial charge in [-0.15, -0.1) is 0 Å². The molecule has 0 aliphatic carbocycles. The van der Waals surface area contributed by atoms with Crippen LogP contribution in [-0.2, 0) is 6.54 Å². The highest BCUT2D eigenvalue weighted by Gasteiger charge is 2.20. The third-order valence-electron chi connectivity index (χ3n) is 4.11. The molecule has 3 rings (SSSR count). The van der Waals surface area contributed by atoms with Gasteiger partial charge in [-0.25, -0.2) is 0 Å². The van der Waals surface area contributed by atoms with E-state index in [-0.39, 0.29) is 5.91 Å². The van der Waals surface area contributed by atoms with Crippen molar-refractivity contribution in [2.24, 2.45) is 0 Å². The van der Waals surface area contributed by atoms with Gasteiger partial charge >= 0.3 is 0 Å². The van der Waals surface area contributed by atoms with Gasteiger partial charge in [-0.05, 0) is 19.7 Å². The second-order valence-corrected chi connectivity index (χ2v) is 6.46. The first-order chi connectivity index (χ1) is 12.6. The first-order valence-electron chi connectivity index (χ1n) is 8.63. The molecule has 26 heavy (non-hydrogen) atoms. The number of benzene rings is 2. The fraction of sp³-hybridized carbons (Fsp3) is 0.238. The Hall–Kier alpha value is -2.92. The number of carbonyl (C=O) groups is 1. The number of aromatic nitrogens is 1. The summed E-state index contributed by atoms with van der Waals surface area (Å²) in [5.41, 5.74) is 2.33. The van der Waals surface area contributed by atoms with E-state index in [0.717, 1.165) is 17.7 Å². The molecule has 2 aromatic carbocycles. The molecule has 0 fully saturated rings. The van der Waals surface area contributed by atoms with Gasteiger partial charge in [0.15, 0.2) is 11.5 Å². The summed E-state index contributed by atoms with van der Waals surface area (Å²) in [5.74, 6) is 0.475. The summed E-state index contributed by atoms with van der Waals surface area (Å²) in [5, 5.41) is 4.00. The minimum absolute atomic E-state index is 0.123. The normalized spacial score (nSPS) is 10.9. The Bertz CT molecular complexity index is 829. The van der Waals surface area contributed by atoms with Crippen molar-refractivity contribution in [2.45, 2.75) is 6.54 Å². The molecule has 0 unspecified atom stereocenters. The molecule has 1 heterocycles. The Kier molecular flexibility index (Phi) is 5.81. The minimum atomic E-state index is -0.123. The first kappa shape index (κ1) is 17.9. The van der Waals surface area contributed by atoms with Gasteiger partial charge in [0.25, 0.3) is 5.91 Å². The molecule has 0 aliphatic rings. The molecule has 0 N–H and O–H groups in total. The van der Waals surface area contributed by atoms with Crippen molar-refractivity contribution in [1.29, 1.82) is 0 Å². The topological polar surface area (TPSA) is 49.6 Å². The molecule has 1 amide bonds. The van der Waals surface area contributed by atoms with Crippen LogP contribution in [0.3, 0.4) is 0 Å². The molecule has 0 radical (unpaired) electrons. The van der Waals surface area contributed by atoms with Gasteiger partial charge in [-0.3, -0.25) is 4.79 Å². The molecule has 134 valence electrons. The quantitative estimate of drug-likeness (QED) is 0.655. The van der Waals surface area contributed by atoms with Crippen LogP contribution >= 0.6 is 0 Å². The lowest BCUT2D eigenvalue weighted by Gasteiger charge is -2.23. The molecule has 0 saturated heterocycles. The summed E-state index contributed by atoms with van der Waals surface area (Å²) < 4.78 is 5.39. The van der Waals surface area contributed by atoms with Gasteiger partial charge in [0.05, 0.1) is 0 Å². The lowest BCUT2D eigenvalue weighted by molar-refractivity contribution is 0.0721. The van der Waals surface area contributed by atoms with E-state index in [0.29, 0.717) is 24.5 Å². The van der Waals surface area contributed by atoms with E-state index in [1.54, 1.807) is 6.07 Å². The van der Waals surface area contributed by atoms with Gasteiger partial charge in [-0.2, -0.15) is 0 Å². The number of amides is 1. The number of nitrogens with zero attached hydrogens (tertiary/aromatic N) is 3. The average molecular weight is 349 g/mol. The largest absolute Gasteiger partial charge is 0.355 e. The molecule has 0 spiro atoms. The number of hydrogen-bond acceptors (Lipinski definition) is 4. The van der Waals surface area contributed by atoms with Crippen molar-refractivity contribution < 1.29 is 9.32 Å². The number of likely N-dealkylation sites (N-methyl/N-ethyl adjacent to an activating group) is 1. The number of hydrogen-bond donors (Lipinski definition) is 0. The lowest BCUT2D eigenvalue weighted by atomic mass is 10.1. The summed E-state index contributed by atoms with van der Waals surface area (Å²) in [7, 11) is 3.99. The summed E-state index contributed by atoms with van der Waals surface area (Å²) in [4.78, 5) is 16.9. The van der Waals surface area contributed by atoms with Crippen LogP contribution in [0.15, 0.2) is 71.3 Å². The van der Waals surface area contributed by atoms with Gasteiger partial charge in [-0.1, -0.05) is 65.8 Å². The van der Waals surface area contributed by atoms with Crippen LogP contribution in [0.25, 0.3) is 11.3 Å². The Labute approximate surface area is 153 Å². The number of rotatable bonds is 7. The molecular weight excluding hydrogens is 326 g/mol. The lowest BCUT2D eigenvalue weighted by Crippen LogP contribution is -2.36. The highest BCUT2D eigenvalue weighted by atomic mass is 16.5. The van der Waals surface area contributed by atoms with E-state index in [1.807, 2.05) is 79.7 Å². The second-order valence-electron chi connectivity index (χ2n) is 6.46. The van der Waals surface area contributed by atoms with Gasteiger partial charge in [0.2, 0.25) is 0 Å². The van der Waals surface area contributed by atoms with Crippen LogP contribution in [0.4, 0.5) is 0 Å². The van der Waals surface area contributed by atoms with E-state index in [2.05, 4.69) is 10.1 Å². The summed E-state index contributed by atoms with van der Waals surface area (Å²) >= 11 is 0. The molecule has 5 nitrogen and oxygen atoms in total. The molecule has 0 saturated carbocycles. The van der Waals surface area contributed by atoms with E-state index in [4.69, 9.17) is 4.52 Å². The van der Waals surface area contributed by atoms with E-state index in [1.165, 1.54) is 0 Å². The predicted octanol–water partition coefficient (Wildman–Crippen LogP) is 3.55. The molecular formula is C21H23N3O2. The molecule has 0 atom stereocenters. The highest BCUT2D eigenvalue weighted by molar-refractivity contribution is 5.93.